The summed E-state index contributed by atoms with van der Waals surface area (Å²) < 4.78 is 29.2. The summed E-state index contributed by atoms with van der Waals surface area (Å²) >= 11 is 1.73. The number of amides is 1. The van der Waals surface area contributed by atoms with Crippen LogP contribution in [0, 0.1) is 20.8 Å². The summed E-state index contributed by atoms with van der Waals surface area (Å²) in [6, 6.07) is 13.8. The van der Waals surface area contributed by atoms with Crippen molar-refractivity contribution in [2.75, 3.05) is 13.1 Å². The average Bonchev–Trinajstić information content (AvgIpc) is 3.29. The highest BCUT2D eigenvalue weighted by Crippen LogP contribution is 2.39. The van der Waals surface area contributed by atoms with E-state index in [9.17, 15) is 13.2 Å². The summed E-state index contributed by atoms with van der Waals surface area (Å²) in [6.07, 6.45) is 0.778. The number of sulfonamides is 1. The minimum absolute atomic E-state index is 0.0342. The predicted molar refractivity (Wildman–Crippen MR) is 156 cm³/mol. The lowest BCUT2D eigenvalue weighted by atomic mass is 9.85. The van der Waals surface area contributed by atoms with Gasteiger partial charge in [-0.15, -0.1) is 11.3 Å². The molecule has 1 unspecified atom stereocenters. The maximum atomic E-state index is 14.0. The first-order chi connectivity index (χ1) is 17.7. The summed E-state index contributed by atoms with van der Waals surface area (Å²) in [4.78, 5) is 17.4. The highest BCUT2D eigenvalue weighted by Gasteiger charge is 2.37. The van der Waals surface area contributed by atoms with Gasteiger partial charge in [0.25, 0.3) is 0 Å². The molecule has 0 radical (unpaired) electrons. The first kappa shape index (κ1) is 28.5. The Hall–Kier alpha value is -2.48. The number of thiophene rings is 1. The summed E-state index contributed by atoms with van der Waals surface area (Å²) in [6.45, 7) is 16.2. The zero-order chi connectivity index (χ0) is 28.0. The Morgan fingerprint density at radius 1 is 1.05 bits per heavy atom. The fourth-order valence-electron chi connectivity index (χ4n) is 5.57. The van der Waals surface area contributed by atoms with Gasteiger partial charge in [0.2, 0.25) is 15.9 Å². The first-order valence-corrected chi connectivity index (χ1v) is 15.6. The lowest BCUT2D eigenvalue weighted by Crippen LogP contribution is -2.48. The number of hydrogen-bond acceptors (Lipinski definition) is 4. The van der Waals surface area contributed by atoms with Gasteiger partial charge in [0, 0.05) is 17.5 Å². The number of nitrogens with zero attached hydrogens (tertiary/aromatic N) is 2. The number of carbonyl (C=O) groups is 1. The highest BCUT2D eigenvalue weighted by atomic mass is 32.2. The summed E-state index contributed by atoms with van der Waals surface area (Å²) in [5.74, 6) is -0.175. The van der Waals surface area contributed by atoms with E-state index < -0.39 is 10.0 Å². The molecule has 7 heteroatoms. The summed E-state index contributed by atoms with van der Waals surface area (Å²) in [7, 11) is -3.88. The quantitative estimate of drug-likeness (QED) is 0.349. The predicted octanol–water partition coefficient (Wildman–Crippen LogP) is 6.54. The number of aryl methyl sites for hydroxylation is 3. The van der Waals surface area contributed by atoms with Gasteiger partial charge in [-0.2, -0.15) is 4.31 Å². The number of hydrogen-bond donors (Lipinski definition) is 0. The lowest BCUT2D eigenvalue weighted by molar-refractivity contribution is -0.133. The molecule has 2 heterocycles. The second kappa shape index (κ2) is 10.6. The maximum absolute atomic E-state index is 14.0. The second-order valence-electron chi connectivity index (χ2n) is 11.8. The van der Waals surface area contributed by atoms with Gasteiger partial charge in [-0.3, -0.25) is 4.79 Å². The zero-order valence-electron chi connectivity index (χ0n) is 23.8. The maximum Gasteiger partial charge on any atom is 0.244 e. The van der Waals surface area contributed by atoms with Crippen molar-refractivity contribution < 1.29 is 13.2 Å². The van der Waals surface area contributed by atoms with E-state index in [4.69, 9.17) is 0 Å². The molecule has 4 rings (SSSR count). The highest BCUT2D eigenvalue weighted by molar-refractivity contribution is 7.89. The van der Waals surface area contributed by atoms with E-state index in [1.807, 2.05) is 51.7 Å². The first-order valence-electron chi connectivity index (χ1n) is 13.3. The monoisotopic (exact) mass is 552 g/mol. The van der Waals surface area contributed by atoms with Gasteiger partial charge < -0.3 is 4.90 Å². The Morgan fingerprint density at radius 3 is 2.21 bits per heavy atom. The molecule has 38 heavy (non-hydrogen) atoms. The Balaban J connectivity index is 1.70. The second-order valence-corrected chi connectivity index (χ2v) is 14.6. The number of rotatable bonds is 6. The lowest BCUT2D eigenvalue weighted by Gasteiger charge is -2.38. The molecule has 0 aliphatic carbocycles. The SMILES string of the molecule is Cc1cc(C)c(S(=O)(=O)N(CC(=O)N2CCc3sccc3C2c2ccc(C(C)(C)C)cc2)C(C)C)c(C)c1. The van der Waals surface area contributed by atoms with Crippen molar-refractivity contribution >= 4 is 27.3 Å². The van der Waals surface area contributed by atoms with Crippen molar-refractivity contribution in [3.8, 4) is 0 Å². The smallest absolute Gasteiger partial charge is 0.244 e. The third-order valence-corrected chi connectivity index (χ3v) is 10.7. The molecule has 0 N–H and O–H groups in total. The number of carbonyl (C=O) groups excluding carboxylic acids is 1. The van der Waals surface area contributed by atoms with Crippen molar-refractivity contribution in [3.63, 3.8) is 0 Å². The molecule has 0 bridgehead atoms. The van der Waals surface area contributed by atoms with E-state index in [1.165, 1.54) is 14.7 Å². The Bertz CT molecular complexity index is 1410. The summed E-state index contributed by atoms with van der Waals surface area (Å²) in [5, 5.41) is 2.09. The van der Waals surface area contributed by atoms with Crippen molar-refractivity contribution in [1.82, 2.24) is 9.21 Å². The van der Waals surface area contributed by atoms with Crippen LogP contribution in [0.2, 0.25) is 0 Å². The topological polar surface area (TPSA) is 57.7 Å². The Kier molecular flexibility index (Phi) is 7.95. The van der Waals surface area contributed by atoms with E-state index in [2.05, 4.69) is 56.5 Å². The van der Waals surface area contributed by atoms with Gasteiger partial charge in [-0.25, -0.2) is 8.42 Å². The third-order valence-electron chi connectivity index (χ3n) is 7.42. The Labute approximate surface area is 232 Å². The van der Waals surface area contributed by atoms with Crippen LogP contribution < -0.4 is 0 Å². The van der Waals surface area contributed by atoms with Crippen LogP contribution in [0.1, 0.15) is 78.9 Å². The molecule has 3 aromatic rings. The molecule has 1 aromatic heterocycles. The van der Waals surface area contributed by atoms with Gasteiger partial charge in [-0.05, 0) is 85.7 Å². The fraction of sp³-hybridized carbons (Fsp3) is 0.452. The van der Waals surface area contributed by atoms with Crippen LogP contribution in [0.3, 0.4) is 0 Å². The molecule has 1 aliphatic heterocycles. The average molecular weight is 553 g/mol. The summed E-state index contributed by atoms with van der Waals surface area (Å²) in [5.41, 5.74) is 5.90. The van der Waals surface area contributed by atoms with Crippen LogP contribution in [-0.2, 0) is 26.7 Å². The molecule has 1 amide bonds. The number of benzene rings is 2. The van der Waals surface area contributed by atoms with Crippen LogP contribution in [0.15, 0.2) is 52.7 Å². The number of fused-ring (bicyclic) bond motifs is 1. The molecule has 0 spiro atoms. The molecule has 0 saturated heterocycles. The normalized spacial score (nSPS) is 16.3. The van der Waals surface area contributed by atoms with Crippen molar-refractivity contribution in [2.24, 2.45) is 0 Å². The van der Waals surface area contributed by atoms with Crippen LogP contribution in [0.4, 0.5) is 0 Å². The molecular formula is C31H40N2O3S2. The van der Waals surface area contributed by atoms with E-state index in [0.717, 1.165) is 23.1 Å². The molecule has 1 aliphatic rings. The fourth-order valence-corrected chi connectivity index (χ4v) is 8.48. The Morgan fingerprint density at radius 2 is 1.66 bits per heavy atom. The van der Waals surface area contributed by atoms with Crippen molar-refractivity contribution in [2.45, 2.75) is 84.2 Å². The minimum atomic E-state index is -3.88. The van der Waals surface area contributed by atoms with E-state index in [1.54, 1.807) is 11.3 Å². The molecule has 1 atom stereocenters. The van der Waals surface area contributed by atoms with Crippen molar-refractivity contribution in [1.29, 1.82) is 0 Å². The van der Waals surface area contributed by atoms with Crippen LogP contribution in [0.25, 0.3) is 0 Å². The minimum Gasteiger partial charge on any atom is -0.330 e. The van der Waals surface area contributed by atoms with Gasteiger partial charge >= 0.3 is 0 Å². The van der Waals surface area contributed by atoms with Crippen LogP contribution >= 0.6 is 11.3 Å². The van der Waals surface area contributed by atoms with E-state index in [0.29, 0.717) is 22.6 Å². The standard InChI is InChI=1S/C31H40N2O3S2/c1-20(2)33(38(35,36)30-22(4)17-21(3)18-23(30)5)19-28(34)32-15-13-27-26(14-16-37-27)29(32)24-9-11-25(12-10-24)31(6,7)8/h9-12,14,16-18,20,29H,13,15,19H2,1-8H3. The zero-order valence-corrected chi connectivity index (χ0v) is 25.5. The van der Waals surface area contributed by atoms with Gasteiger partial charge in [0.15, 0.2) is 0 Å². The molecular weight excluding hydrogens is 512 g/mol. The van der Waals surface area contributed by atoms with Gasteiger partial charge in [0.05, 0.1) is 17.5 Å². The van der Waals surface area contributed by atoms with Gasteiger partial charge in [0.1, 0.15) is 0 Å². The van der Waals surface area contributed by atoms with Crippen molar-refractivity contribution in [3.05, 3.63) is 86.1 Å². The molecule has 2 aromatic carbocycles. The van der Waals surface area contributed by atoms with Crippen LogP contribution in [-0.4, -0.2) is 42.7 Å². The van der Waals surface area contributed by atoms with Crippen LogP contribution in [0.5, 0.6) is 0 Å². The molecule has 0 fully saturated rings. The third kappa shape index (κ3) is 5.47. The van der Waals surface area contributed by atoms with E-state index >= 15 is 0 Å². The van der Waals surface area contributed by atoms with E-state index in [-0.39, 0.29) is 30.0 Å². The largest absolute Gasteiger partial charge is 0.330 e. The molecule has 5 nitrogen and oxygen atoms in total. The molecule has 204 valence electrons. The van der Waals surface area contributed by atoms with Gasteiger partial charge in [-0.1, -0.05) is 62.7 Å². The molecule has 0 saturated carbocycles.